The van der Waals surface area contributed by atoms with Crippen LogP contribution in [0.15, 0.2) is 36.4 Å². The third-order valence-electron chi connectivity index (χ3n) is 4.89. The van der Waals surface area contributed by atoms with Gasteiger partial charge in [0.1, 0.15) is 5.75 Å². The lowest BCUT2D eigenvalue weighted by atomic mass is 9.97. The molecule has 4 rings (SSSR count). The van der Waals surface area contributed by atoms with E-state index in [4.69, 9.17) is 4.74 Å². The van der Waals surface area contributed by atoms with Crippen molar-refractivity contribution < 1.29 is 9.53 Å². The van der Waals surface area contributed by atoms with Crippen molar-refractivity contribution in [2.75, 3.05) is 11.9 Å². The second kappa shape index (κ2) is 6.29. The lowest BCUT2D eigenvalue weighted by molar-refractivity contribution is -0.116. The molecular weight excluding hydrogens is 300 g/mol. The van der Waals surface area contributed by atoms with Crippen LogP contribution < -0.4 is 15.4 Å². The predicted molar refractivity (Wildman–Crippen MR) is 94.3 cm³/mol. The van der Waals surface area contributed by atoms with Crippen LogP contribution in [0, 0.1) is 0 Å². The molecule has 0 aliphatic carbocycles. The van der Waals surface area contributed by atoms with Crippen LogP contribution in [0.1, 0.15) is 41.6 Å². The molecule has 0 spiro atoms. The van der Waals surface area contributed by atoms with Crippen LogP contribution in [0.4, 0.5) is 5.69 Å². The minimum absolute atomic E-state index is 0.113. The van der Waals surface area contributed by atoms with Crippen LogP contribution in [0.2, 0.25) is 0 Å². The van der Waals surface area contributed by atoms with Crippen LogP contribution in [-0.2, 0) is 24.2 Å². The number of ether oxygens (including phenoxy) is 1. The van der Waals surface area contributed by atoms with Gasteiger partial charge in [0, 0.05) is 31.1 Å². The van der Waals surface area contributed by atoms with Crippen LogP contribution in [0.5, 0.6) is 5.75 Å². The Labute approximate surface area is 142 Å². The summed E-state index contributed by atoms with van der Waals surface area (Å²) in [6.07, 6.45) is 2.41. The number of hydrogen-bond acceptors (Lipinski definition) is 3. The topological polar surface area (TPSA) is 50.4 Å². The maximum absolute atomic E-state index is 11.5. The molecule has 0 radical (unpaired) electrons. The van der Waals surface area contributed by atoms with Gasteiger partial charge in [0.05, 0.1) is 6.61 Å². The summed E-state index contributed by atoms with van der Waals surface area (Å²) in [7, 11) is 0. The van der Waals surface area contributed by atoms with Crippen LogP contribution in [-0.4, -0.2) is 12.5 Å². The summed E-state index contributed by atoms with van der Waals surface area (Å²) in [6, 6.07) is 13.0. The number of benzene rings is 2. The summed E-state index contributed by atoms with van der Waals surface area (Å²) in [5.74, 6) is 1.14. The highest BCUT2D eigenvalue weighted by molar-refractivity contribution is 5.93. The van der Waals surface area contributed by atoms with E-state index >= 15 is 0 Å². The zero-order valence-electron chi connectivity index (χ0n) is 13.9. The molecule has 0 saturated heterocycles. The molecule has 2 aliphatic rings. The Balaban J connectivity index is 1.43. The summed E-state index contributed by atoms with van der Waals surface area (Å²) in [4.78, 5) is 11.5. The monoisotopic (exact) mass is 322 g/mol. The summed E-state index contributed by atoms with van der Waals surface area (Å²) in [6.45, 7) is 3.82. The van der Waals surface area contributed by atoms with Gasteiger partial charge < -0.3 is 15.4 Å². The van der Waals surface area contributed by atoms with Crippen molar-refractivity contribution in [2.45, 2.75) is 38.8 Å². The normalized spacial score (nSPS) is 16.8. The molecule has 0 aromatic heterocycles. The number of hydrogen-bond donors (Lipinski definition) is 2. The standard InChI is InChI=1S/C20H22N2O2/c1-13(15-3-5-18-16(11-15)4-7-20(23)22-18)21-12-14-2-6-19-17(10-14)8-9-24-19/h2-3,5-6,10-11,13,21H,4,7-9,12H2,1H3,(H,22,23)/t13-/m0/s1. The molecule has 1 atom stereocenters. The third-order valence-corrected chi connectivity index (χ3v) is 4.89. The average Bonchev–Trinajstić information content (AvgIpc) is 3.07. The number of carbonyl (C=O) groups excluding carboxylic acids is 1. The Morgan fingerprint density at radius 1 is 1.12 bits per heavy atom. The van der Waals surface area contributed by atoms with Crippen molar-refractivity contribution in [3.63, 3.8) is 0 Å². The van der Waals surface area contributed by atoms with E-state index in [1.807, 2.05) is 6.07 Å². The molecule has 4 heteroatoms. The summed E-state index contributed by atoms with van der Waals surface area (Å²) >= 11 is 0. The fraction of sp³-hybridized carbons (Fsp3) is 0.350. The number of rotatable bonds is 4. The van der Waals surface area contributed by atoms with Crippen molar-refractivity contribution in [3.05, 3.63) is 58.7 Å². The van der Waals surface area contributed by atoms with E-state index in [9.17, 15) is 4.79 Å². The van der Waals surface area contributed by atoms with Crippen LogP contribution in [0.25, 0.3) is 0 Å². The second-order valence-corrected chi connectivity index (χ2v) is 6.61. The number of nitrogens with one attached hydrogen (secondary N) is 2. The van der Waals surface area contributed by atoms with Crippen LogP contribution in [0.3, 0.4) is 0 Å². The molecule has 0 bridgehead atoms. The van der Waals surface area contributed by atoms with Gasteiger partial charge >= 0.3 is 0 Å². The molecule has 2 aromatic rings. The Hall–Kier alpha value is -2.33. The van der Waals surface area contributed by atoms with Crippen molar-refractivity contribution in [1.82, 2.24) is 5.32 Å². The maximum atomic E-state index is 11.5. The van der Waals surface area contributed by atoms with Gasteiger partial charge in [-0.1, -0.05) is 24.3 Å². The first-order chi connectivity index (χ1) is 11.7. The van der Waals surface area contributed by atoms with E-state index in [1.165, 1.54) is 22.3 Å². The number of aryl methyl sites for hydroxylation is 1. The average molecular weight is 322 g/mol. The van der Waals surface area contributed by atoms with Crippen molar-refractivity contribution >= 4 is 11.6 Å². The summed E-state index contributed by atoms with van der Waals surface area (Å²) in [5.41, 5.74) is 6.05. The molecule has 2 N–H and O–H groups in total. The van der Waals surface area contributed by atoms with Gasteiger partial charge in [-0.05, 0) is 47.7 Å². The minimum Gasteiger partial charge on any atom is -0.493 e. The Kier molecular flexibility index (Phi) is 3.98. The number of anilines is 1. The highest BCUT2D eigenvalue weighted by Crippen LogP contribution is 2.28. The predicted octanol–water partition coefficient (Wildman–Crippen LogP) is 3.36. The van der Waals surface area contributed by atoms with Crippen molar-refractivity contribution in [2.24, 2.45) is 0 Å². The molecule has 2 aliphatic heterocycles. The van der Waals surface area contributed by atoms with Gasteiger partial charge in [-0.3, -0.25) is 4.79 Å². The van der Waals surface area contributed by atoms with Gasteiger partial charge in [0.2, 0.25) is 5.91 Å². The number of fused-ring (bicyclic) bond motifs is 2. The first kappa shape index (κ1) is 15.2. The van der Waals surface area contributed by atoms with Gasteiger partial charge in [-0.25, -0.2) is 0 Å². The lowest BCUT2D eigenvalue weighted by Gasteiger charge is -2.20. The molecule has 0 saturated carbocycles. The molecule has 1 amide bonds. The number of carbonyl (C=O) groups is 1. The molecule has 2 heterocycles. The molecule has 124 valence electrons. The highest BCUT2D eigenvalue weighted by atomic mass is 16.5. The van der Waals surface area contributed by atoms with E-state index < -0.39 is 0 Å². The second-order valence-electron chi connectivity index (χ2n) is 6.61. The van der Waals surface area contributed by atoms with Crippen molar-refractivity contribution in [1.29, 1.82) is 0 Å². The molecule has 0 fully saturated rings. The summed E-state index contributed by atoms with van der Waals surface area (Å²) in [5, 5.41) is 6.53. The first-order valence-electron chi connectivity index (χ1n) is 8.60. The first-order valence-corrected chi connectivity index (χ1v) is 8.60. The zero-order valence-corrected chi connectivity index (χ0v) is 13.9. The minimum atomic E-state index is 0.113. The lowest BCUT2D eigenvalue weighted by Crippen LogP contribution is -2.21. The smallest absolute Gasteiger partial charge is 0.224 e. The van der Waals surface area contributed by atoms with E-state index in [0.717, 1.165) is 37.4 Å². The number of amides is 1. The fourth-order valence-corrected chi connectivity index (χ4v) is 3.41. The molecular formula is C20H22N2O2. The largest absolute Gasteiger partial charge is 0.493 e. The van der Waals surface area contributed by atoms with Gasteiger partial charge in [0.15, 0.2) is 0 Å². The van der Waals surface area contributed by atoms with E-state index in [-0.39, 0.29) is 11.9 Å². The Bertz CT molecular complexity index is 785. The molecule has 24 heavy (non-hydrogen) atoms. The molecule has 4 nitrogen and oxygen atoms in total. The summed E-state index contributed by atoms with van der Waals surface area (Å²) < 4.78 is 5.56. The Morgan fingerprint density at radius 2 is 2.04 bits per heavy atom. The van der Waals surface area contributed by atoms with E-state index in [0.29, 0.717) is 6.42 Å². The zero-order chi connectivity index (χ0) is 16.5. The van der Waals surface area contributed by atoms with Gasteiger partial charge in [0.25, 0.3) is 0 Å². The van der Waals surface area contributed by atoms with Gasteiger partial charge in [-0.15, -0.1) is 0 Å². The molecule has 2 aromatic carbocycles. The quantitative estimate of drug-likeness (QED) is 0.907. The van der Waals surface area contributed by atoms with Crippen LogP contribution >= 0.6 is 0 Å². The Morgan fingerprint density at radius 3 is 2.96 bits per heavy atom. The molecule has 0 unspecified atom stereocenters. The van der Waals surface area contributed by atoms with E-state index in [2.05, 4.69) is 47.9 Å². The van der Waals surface area contributed by atoms with E-state index in [1.54, 1.807) is 0 Å². The highest BCUT2D eigenvalue weighted by Gasteiger charge is 2.16. The van der Waals surface area contributed by atoms with Crippen molar-refractivity contribution in [3.8, 4) is 5.75 Å². The SMILES string of the molecule is C[C@H](NCc1ccc2c(c1)CCO2)c1ccc2c(c1)CCC(=O)N2. The third kappa shape index (κ3) is 3.02. The maximum Gasteiger partial charge on any atom is 0.224 e. The fourth-order valence-electron chi connectivity index (χ4n) is 3.41. The van der Waals surface area contributed by atoms with Gasteiger partial charge in [-0.2, -0.15) is 0 Å².